The smallest absolute Gasteiger partial charge is 0.233 e. The first-order valence-corrected chi connectivity index (χ1v) is 8.56. The summed E-state index contributed by atoms with van der Waals surface area (Å²) < 4.78 is 1.82. The van der Waals surface area contributed by atoms with Crippen LogP contribution in [0, 0.1) is 5.92 Å². The Bertz CT molecular complexity index is 732. The zero-order chi connectivity index (χ0) is 16.5. The topological polar surface area (TPSA) is 79.6 Å². The van der Waals surface area contributed by atoms with Crippen LogP contribution in [0.2, 0.25) is 0 Å². The monoisotopic (exact) mass is 327 g/mol. The van der Waals surface area contributed by atoms with E-state index >= 15 is 0 Å². The molecule has 0 aromatic carbocycles. The Morgan fingerprint density at radius 1 is 1.33 bits per heavy atom. The molecule has 0 radical (unpaired) electrons. The molecule has 1 N–H and O–H groups in total. The SMILES string of the molecule is O=C(NCc1cn2cccnc2n1)[C@H]1CC(=O)N(C2CCCC2)C1. The van der Waals surface area contributed by atoms with Crippen LogP contribution < -0.4 is 5.32 Å². The largest absolute Gasteiger partial charge is 0.350 e. The Balaban J connectivity index is 1.35. The number of hydrogen-bond donors (Lipinski definition) is 1. The molecular formula is C17H21N5O2. The van der Waals surface area contributed by atoms with E-state index in [0.717, 1.165) is 18.5 Å². The van der Waals surface area contributed by atoms with Crippen molar-refractivity contribution >= 4 is 17.6 Å². The van der Waals surface area contributed by atoms with Crippen molar-refractivity contribution in [2.24, 2.45) is 5.92 Å². The maximum atomic E-state index is 12.4. The number of rotatable bonds is 4. The highest BCUT2D eigenvalue weighted by atomic mass is 16.2. The molecule has 0 unspecified atom stereocenters. The quantitative estimate of drug-likeness (QED) is 0.913. The van der Waals surface area contributed by atoms with Gasteiger partial charge in [-0.05, 0) is 18.9 Å². The lowest BCUT2D eigenvalue weighted by atomic mass is 10.1. The molecule has 1 saturated carbocycles. The van der Waals surface area contributed by atoms with Crippen LogP contribution in [0.5, 0.6) is 0 Å². The standard InChI is InChI=1S/C17H21N5O2/c23-15-8-12(10-22(15)14-4-1-2-5-14)16(24)19-9-13-11-21-7-3-6-18-17(21)20-13/h3,6-7,11-12,14H,1-2,4-5,8-10H2,(H,19,24)/t12-/m0/s1. The van der Waals surface area contributed by atoms with Gasteiger partial charge in [0, 0.05) is 37.6 Å². The van der Waals surface area contributed by atoms with Crippen LogP contribution in [0.3, 0.4) is 0 Å². The molecule has 2 aromatic heterocycles. The van der Waals surface area contributed by atoms with Gasteiger partial charge in [-0.1, -0.05) is 12.8 Å². The fourth-order valence-electron chi connectivity index (χ4n) is 3.76. The number of carbonyl (C=O) groups is 2. The lowest BCUT2D eigenvalue weighted by Crippen LogP contribution is -2.36. The van der Waals surface area contributed by atoms with Crippen molar-refractivity contribution in [3.05, 3.63) is 30.4 Å². The van der Waals surface area contributed by atoms with Gasteiger partial charge < -0.3 is 10.2 Å². The number of imidazole rings is 1. The summed E-state index contributed by atoms with van der Waals surface area (Å²) in [6, 6.07) is 2.18. The summed E-state index contributed by atoms with van der Waals surface area (Å²) in [6.07, 6.45) is 10.3. The Hall–Kier alpha value is -2.44. The molecule has 1 atom stereocenters. The molecule has 0 bridgehead atoms. The average molecular weight is 327 g/mol. The van der Waals surface area contributed by atoms with Crippen LogP contribution in [-0.2, 0) is 16.1 Å². The zero-order valence-electron chi connectivity index (χ0n) is 13.5. The van der Waals surface area contributed by atoms with E-state index in [0.29, 0.717) is 31.3 Å². The van der Waals surface area contributed by atoms with E-state index in [1.807, 2.05) is 27.8 Å². The van der Waals surface area contributed by atoms with E-state index in [4.69, 9.17) is 0 Å². The van der Waals surface area contributed by atoms with E-state index in [-0.39, 0.29) is 17.7 Å². The Kier molecular flexibility index (Phi) is 3.92. The van der Waals surface area contributed by atoms with Crippen LogP contribution in [0.15, 0.2) is 24.7 Å². The maximum absolute atomic E-state index is 12.4. The summed E-state index contributed by atoms with van der Waals surface area (Å²) in [6.45, 7) is 0.915. The lowest BCUT2D eigenvalue weighted by Gasteiger charge is -2.23. The van der Waals surface area contributed by atoms with Crippen molar-refractivity contribution < 1.29 is 9.59 Å². The molecular weight excluding hydrogens is 306 g/mol. The van der Waals surface area contributed by atoms with Gasteiger partial charge in [-0.3, -0.25) is 14.0 Å². The first kappa shape index (κ1) is 15.1. The molecule has 7 heteroatoms. The Labute approximate surface area is 140 Å². The van der Waals surface area contributed by atoms with Crippen LogP contribution in [0.4, 0.5) is 0 Å². The second-order valence-corrected chi connectivity index (χ2v) is 6.66. The third-order valence-electron chi connectivity index (χ3n) is 5.02. The van der Waals surface area contributed by atoms with Gasteiger partial charge in [0.2, 0.25) is 17.6 Å². The first-order chi connectivity index (χ1) is 11.7. The van der Waals surface area contributed by atoms with Crippen molar-refractivity contribution in [3.63, 3.8) is 0 Å². The molecule has 1 aliphatic heterocycles. The number of likely N-dealkylation sites (tertiary alicyclic amines) is 1. The molecule has 2 aromatic rings. The summed E-state index contributed by atoms with van der Waals surface area (Å²) in [5.41, 5.74) is 0.763. The third kappa shape index (κ3) is 2.86. The molecule has 0 spiro atoms. The fourth-order valence-corrected chi connectivity index (χ4v) is 3.76. The minimum absolute atomic E-state index is 0.0612. The molecule has 24 heavy (non-hydrogen) atoms. The number of nitrogens with one attached hydrogen (secondary N) is 1. The van der Waals surface area contributed by atoms with Gasteiger partial charge in [0.05, 0.1) is 18.2 Å². The van der Waals surface area contributed by atoms with Gasteiger partial charge in [-0.2, -0.15) is 0 Å². The number of carbonyl (C=O) groups excluding carboxylic acids is 2. The van der Waals surface area contributed by atoms with E-state index in [1.165, 1.54) is 12.8 Å². The molecule has 2 aliphatic rings. The van der Waals surface area contributed by atoms with Gasteiger partial charge in [-0.25, -0.2) is 9.97 Å². The number of hydrogen-bond acceptors (Lipinski definition) is 4. The lowest BCUT2D eigenvalue weighted by molar-refractivity contribution is -0.130. The van der Waals surface area contributed by atoms with Gasteiger partial charge in [-0.15, -0.1) is 0 Å². The van der Waals surface area contributed by atoms with Crippen LogP contribution in [0.1, 0.15) is 37.8 Å². The third-order valence-corrected chi connectivity index (χ3v) is 5.02. The van der Waals surface area contributed by atoms with Gasteiger partial charge >= 0.3 is 0 Å². The van der Waals surface area contributed by atoms with Gasteiger partial charge in [0.25, 0.3) is 0 Å². The summed E-state index contributed by atoms with van der Waals surface area (Å²) in [5.74, 6) is 0.436. The maximum Gasteiger partial charge on any atom is 0.233 e. The number of fused-ring (bicyclic) bond motifs is 1. The highest BCUT2D eigenvalue weighted by Gasteiger charge is 2.38. The van der Waals surface area contributed by atoms with Crippen molar-refractivity contribution in [1.82, 2.24) is 24.6 Å². The molecule has 7 nitrogen and oxygen atoms in total. The minimum atomic E-state index is -0.242. The molecule has 4 rings (SSSR count). The first-order valence-electron chi connectivity index (χ1n) is 8.56. The van der Waals surface area contributed by atoms with Crippen molar-refractivity contribution in [1.29, 1.82) is 0 Å². The second kappa shape index (κ2) is 6.22. The molecule has 2 amide bonds. The van der Waals surface area contributed by atoms with Crippen LogP contribution in [0.25, 0.3) is 5.78 Å². The molecule has 1 aliphatic carbocycles. The Morgan fingerprint density at radius 3 is 2.96 bits per heavy atom. The number of aromatic nitrogens is 3. The molecule has 3 heterocycles. The fraction of sp³-hybridized carbons (Fsp3) is 0.529. The minimum Gasteiger partial charge on any atom is -0.350 e. The van der Waals surface area contributed by atoms with Crippen molar-refractivity contribution in [2.45, 2.75) is 44.7 Å². The van der Waals surface area contributed by atoms with E-state index < -0.39 is 0 Å². The predicted molar refractivity (Wildman–Crippen MR) is 86.9 cm³/mol. The van der Waals surface area contributed by atoms with Crippen LogP contribution in [-0.4, -0.2) is 43.7 Å². The molecule has 126 valence electrons. The highest BCUT2D eigenvalue weighted by Crippen LogP contribution is 2.29. The second-order valence-electron chi connectivity index (χ2n) is 6.66. The summed E-state index contributed by atoms with van der Waals surface area (Å²) in [5, 5.41) is 2.91. The normalized spacial score (nSPS) is 21.8. The molecule has 1 saturated heterocycles. The summed E-state index contributed by atoms with van der Waals surface area (Å²) in [4.78, 5) is 35.0. The zero-order valence-corrected chi connectivity index (χ0v) is 13.5. The van der Waals surface area contributed by atoms with Crippen LogP contribution >= 0.6 is 0 Å². The number of nitrogens with zero attached hydrogens (tertiary/aromatic N) is 4. The average Bonchev–Trinajstić information content (AvgIpc) is 3.30. The van der Waals surface area contributed by atoms with Crippen molar-refractivity contribution in [2.75, 3.05) is 6.54 Å². The van der Waals surface area contributed by atoms with E-state index in [2.05, 4.69) is 15.3 Å². The Morgan fingerprint density at radius 2 is 2.17 bits per heavy atom. The highest BCUT2D eigenvalue weighted by molar-refractivity contribution is 5.89. The summed E-state index contributed by atoms with van der Waals surface area (Å²) in [7, 11) is 0. The van der Waals surface area contributed by atoms with E-state index in [9.17, 15) is 9.59 Å². The van der Waals surface area contributed by atoms with Crippen molar-refractivity contribution in [3.8, 4) is 0 Å². The summed E-state index contributed by atoms with van der Waals surface area (Å²) >= 11 is 0. The van der Waals surface area contributed by atoms with Gasteiger partial charge in [0.15, 0.2) is 0 Å². The number of amides is 2. The molecule has 2 fully saturated rings. The van der Waals surface area contributed by atoms with E-state index in [1.54, 1.807) is 6.20 Å². The predicted octanol–water partition coefficient (Wildman–Crippen LogP) is 1.14. The van der Waals surface area contributed by atoms with Gasteiger partial charge in [0.1, 0.15) is 0 Å².